The van der Waals surface area contributed by atoms with Crippen LogP contribution in [0.2, 0.25) is 0 Å². The number of halogens is 2. The van der Waals surface area contributed by atoms with Gasteiger partial charge in [0, 0.05) is 25.2 Å². The van der Waals surface area contributed by atoms with E-state index in [1.807, 2.05) is 13.8 Å². The van der Waals surface area contributed by atoms with Crippen LogP contribution >= 0.6 is 0 Å². The smallest absolute Gasteiger partial charge is 0.163 e. The molecule has 0 unspecified atom stereocenters. The van der Waals surface area contributed by atoms with Crippen LogP contribution in [0.1, 0.15) is 26.3 Å². The van der Waals surface area contributed by atoms with Gasteiger partial charge in [0.2, 0.25) is 0 Å². The largest absolute Gasteiger partial charge is 0.376 e. The predicted octanol–water partition coefficient (Wildman–Crippen LogP) is 2.72. The Balaban J connectivity index is 1.73. The summed E-state index contributed by atoms with van der Waals surface area (Å²) < 4.78 is 52.7. The summed E-state index contributed by atoms with van der Waals surface area (Å²) in [5, 5.41) is 8.33. The Morgan fingerprint density at radius 3 is 2.70 bits per heavy atom. The second kappa shape index (κ2) is 8.04. The van der Waals surface area contributed by atoms with E-state index in [0.717, 1.165) is 6.07 Å². The number of methoxy groups -OCH3 is 1. The number of aromatic nitrogens is 3. The van der Waals surface area contributed by atoms with Crippen LogP contribution in [0.4, 0.5) is 8.78 Å². The van der Waals surface area contributed by atoms with E-state index in [9.17, 15) is 8.78 Å². The van der Waals surface area contributed by atoms with Crippen LogP contribution in [0.15, 0.2) is 24.4 Å². The molecule has 7 nitrogen and oxygen atoms in total. The number of terminal acetylenes is 1. The standard InChI is InChI=1S/C21H23F2N3O4/c1-5-6-16-19(27-4)18(20-17(29-16)11-28-21(2,3)30-20)26-10-15(24-25-26)12-7-13(22)9-14(23)8-12/h1,7-10,16-20H,6,11H2,2-4H3/t16-,17-,18-,19+,20+/m1/s1. The van der Waals surface area contributed by atoms with E-state index in [0.29, 0.717) is 18.7 Å². The van der Waals surface area contributed by atoms with Crippen LogP contribution in [0, 0.1) is 24.0 Å². The molecule has 2 aromatic rings. The van der Waals surface area contributed by atoms with Crippen LogP contribution in [-0.2, 0) is 18.9 Å². The fourth-order valence-electron chi connectivity index (χ4n) is 4.06. The van der Waals surface area contributed by atoms with Gasteiger partial charge in [-0.05, 0) is 26.0 Å². The first-order chi connectivity index (χ1) is 14.3. The quantitative estimate of drug-likeness (QED) is 0.710. The summed E-state index contributed by atoms with van der Waals surface area (Å²) in [7, 11) is 1.56. The molecule has 2 saturated heterocycles. The number of benzene rings is 1. The molecule has 0 amide bonds. The molecule has 4 rings (SSSR count). The molecule has 2 aliphatic rings. The van der Waals surface area contributed by atoms with Crippen molar-refractivity contribution in [3.63, 3.8) is 0 Å². The van der Waals surface area contributed by atoms with E-state index < -0.39 is 41.8 Å². The normalized spacial score (nSPS) is 30.5. The summed E-state index contributed by atoms with van der Waals surface area (Å²) in [5.41, 5.74) is 0.607. The molecule has 0 spiro atoms. The lowest BCUT2D eigenvalue weighted by atomic mass is 9.90. The van der Waals surface area contributed by atoms with Gasteiger partial charge in [-0.25, -0.2) is 13.5 Å². The molecule has 2 fully saturated rings. The zero-order valence-electron chi connectivity index (χ0n) is 16.9. The molecule has 0 aliphatic carbocycles. The first kappa shape index (κ1) is 20.9. The summed E-state index contributed by atoms with van der Waals surface area (Å²) in [6, 6.07) is 2.77. The molecule has 5 atom stereocenters. The van der Waals surface area contributed by atoms with E-state index >= 15 is 0 Å². The highest BCUT2D eigenvalue weighted by atomic mass is 19.1. The number of nitrogens with zero attached hydrogens (tertiary/aromatic N) is 3. The van der Waals surface area contributed by atoms with Gasteiger partial charge in [-0.1, -0.05) is 5.21 Å². The van der Waals surface area contributed by atoms with Crippen molar-refractivity contribution >= 4 is 0 Å². The van der Waals surface area contributed by atoms with Crippen molar-refractivity contribution in [2.45, 2.75) is 56.5 Å². The molecule has 160 valence electrons. The molecule has 9 heteroatoms. The molecule has 0 saturated carbocycles. The van der Waals surface area contributed by atoms with E-state index in [1.165, 1.54) is 12.1 Å². The maximum absolute atomic E-state index is 13.7. The van der Waals surface area contributed by atoms with Gasteiger partial charge in [-0.2, -0.15) is 0 Å². The minimum absolute atomic E-state index is 0.282. The van der Waals surface area contributed by atoms with Gasteiger partial charge in [-0.15, -0.1) is 17.4 Å². The molecule has 3 heterocycles. The number of ether oxygens (including phenoxy) is 4. The average Bonchev–Trinajstić information content (AvgIpc) is 3.16. The molecule has 2 aliphatic heterocycles. The molecule has 1 aromatic carbocycles. The summed E-state index contributed by atoms with van der Waals surface area (Å²) in [6.07, 6.45) is 5.76. The molecule has 0 N–H and O–H groups in total. The van der Waals surface area contributed by atoms with Gasteiger partial charge < -0.3 is 18.9 Å². The Labute approximate surface area is 173 Å². The van der Waals surface area contributed by atoms with Crippen molar-refractivity contribution in [3.05, 3.63) is 36.0 Å². The lowest BCUT2D eigenvalue weighted by molar-refractivity contribution is -0.349. The first-order valence-corrected chi connectivity index (χ1v) is 9.63. The first-order valence-electron chi connectivity index (χ1n) is 9.63. The van der Waals surface area contributed by atoms with Crippen molar-refractivity contribution in [3.8, 4) is 23.6 Å². The third-order valence-corrected chi connectivity index (χ3v) is 5.34. The highest BCUT2D eigenvalue weighted by Gasteiger charge is 2.52. The highest BCUT2D eigenvalue weighted by Crippen LogP contribution is 2.40. The van der Waals surface area contributed by atoms with Crippen molar-refractivity contribution < 1.29 is 27.7 Å². The Hall–Kier alpha value is -2.38. The van der Waals surface area contributed by atoms with Crippen LogP contribution in [0.3, 0.4) is 0 Å². The fourth-order valence-corrected chi connectivity index (χ4v) is 4.06. The van der Waals surface area contributed by atoms with E-state index in [4.69, 9.17) is 25.4 Å². The van der Waals surface area contributed by atoms with Gasteiger partial charge in [0.25, 0.3) is 0 Å². The minimum atomic E-state index is -0.824. The summed E-state index contributed by atoms with van der Waals surface area (Å²) >= 11 is 0. The van der Waals surface area contributed by atoms with E-state index in [2.05, 4.69) is 16.2 Å². The second-order valence-corrected chi connectivity index (χ2v) is 7.85. The number of hydrogen-bond acceptors (Lipinski definition) is 6. The lowest BCUT2D eigenvalue weighted by Gasteiger charge is -2.50. The fraction of sp³-hybridized carbons (Fsp3) is 0.524. The molecular weight excluding hydrogens is 396 g/mol. The third kappa shape index (κ3) is 3.96. The Kier molecular flexibility index (Phi) is 5.59. The number of hydrogen-bond donors (Lipinski definition) is 0. The monoisotopic (exact) mass is 419 g/mol. The summed E-state index contributed by atoms with van der Waals surface area (Å²) in [6.45, 7) is 3.96. The van der Waals surface area contributed by atoms with Crippen molar-refractivity contribution in [2.24, 2.45) is 0 Å². The Morgan fingerprint density at radius 1 is 1.30 bits per heavy atom. The van der Waals surface area contributed by atoms with Crippen LogP contribution in [-0.4, -0.2) is 58.9 Å². The summed E-state index contributed by atoms with van der Waals surface area (Å²) in [5.74, 6) is 0.408. The highest BCUT2D eigenvalue weighted by molar-refractivity contribution is 5.57. The van der Waals surface area contributed by atoms with Crippen molar-refractivity contribution in [2.75, 3.05) is 13.7 Å². The maximum atomic E-state index is 13.7. The molecule has 0 bridgehead atoms. The zero-order valence-corrected chi connectivity index (χ0v) is 16.9. The maximum Gasteiger partial charge on any atom is 0.163 e. The third-order valence-electron chi connectivity index (χ3n) is 5.34. The zero-order chi connectivity index (χ0) is 21.5. The van der Waals surface area contributed by atoms with Gasteiger partial charge in [-0.3, -0.25) is 0 Å². The molecule has 1 aromatic heterocycles. The predicted molar refractivity (Wildman–Crippen MR) is 102 cm³/mol. The minimum Gasteiger partial charge on any atom is -0.376 e. The number of fused-ring (bicyclic) bond motifs is 1. The van der Waals surface area contributed by atoms with Crippen LogP contribution in [0.25, 0.3) is 11.3 Å². The average molecular weight is 419 g/mol. The van der Waals surface area contributed by atoms with E-state index in [-0.39, 0.29) is 11.7 Å². The van der Waals surface area contributed by atoms with Gasteiger partial charge in [0.1, 0.15) is 41.7 Å². The summed E-state index contributed by atoms with van der Waals surface area (Å²) in [4.78, 5) is 0. The molecule has 30 heavy (non-hydrogen) atoms. The van der Waals surface area contributed by atoms with E-state index in [1.54, 1.807) is 18.0 Å². The van der Waals surface area contributed by atoms with Crippen molar-refractivity contribution in [1.82, 2.24) is 15.0 Å². The Bertz CT molecular complexity index is 938. The van der Waals surface area contributed by atoms with Gasteiger partial charge in [0.05, 0.1) is 18.9 Å². The van der Waals surface area contributed by atoms with Crippen LogP contribution < -0.4 is 0 Å². The Morgan fingerprint density at radius 2 is 2.03 bits per heavy atom. The van der Waals surface area contributed by atoms with Crippen molar-refractivity contribution in [1.29, 1.82) is 0 Å². The topological polar surface area (TPSA) is 67.6 Å². The SMILES string of the molecule is C#CC[C@H]1O[C@@H]2COC(C)(C)O[C@@H]2[C@H](n2cc(-c3cc(F)cc(F)c3)nn2)[C@H]1OC. The van der Waals surface area contributed by atoms with Crippen LogP contribution in [0.5, 0.6) is 0 Å². The molecular formula is C21H23F2N3O4. The lowest BCUT2D eigenvalue weighted by Crippen LogP contribution is -2.62. The van der Waals surface area contributed by atoms with Gasteiger partial charge in [0.15, 0.2) is 5.79 Å². The number of rotatable bonds is 4. The van der Waals surface area contributed by atoms with Gasteiger partial charge >= 0.3 is 0 Å². The molecule has 0 radical (unpaired) electrons. The second-order valence-electron chi connectivity index (χ2n) is 7.85.